The summed E-state index contributed by atoms with van der Waals surface area (Å²) < 4.78 is 10.4. The van der Waals surface area contributed by atoms with Gasteiger partial charge in [-0.1, -0.05) is 0 Å². The Labute approximate surface area is 100.0 Å². The normalized spacial score (nSPS) is 11.2. The summed E-state index contributed by atoms with van der Waals surface area (Å²) in [4.78, 5) is 8.37. The van der Waals surface area contributed by atoms with Crippen LogP contribution in [-0.2, 0) is 11.3 Å². The van der Waals surface area contributed by atoms with Gasteiger partial charge in [-0.15, -0.1) is 0 Å². The highest BCUT2D eigenvalue weighted by molar-refractivity contribution is 5.78. The molecule has 0 unspecified atom stereocenters. The zero-order chi connectivity index (χ0) is 12.1. The molecule has 0 aliphatic rings. The second-order valence-corrected chi connectivity index (χ2v) is 3.69. The van der Waals surface area contributed by atoms with Crippen molar-refractivity contribution in [3.8, 4) is 0 Å². The lowest BCUT2D eigenvalue weighted by molar-refractivity contribution is 0.164. The largest absolute Gasteiger partial charge is 0.458 e. The Morgan fingerprint density at radius 3 is 3.06 bits per heavy atom. The van der Waals surface area contributed by atoms with E-state index in [0.717, 1.165) is 11.3 Å². The molecule has 0 atom stereocenters. The average molecular weight is 230 g/mol. The van der Waals surface area contributed by atoms with Crippen LogP contribution in [-0.4, -0.2) is 18.3 Å². The molecule has 0 fully saturated rings. The quantitative estimate of drug-likeness (QED) is 0.759. The van der Waals surface area contributed by atoms with Crippen molar-refractivity contribution in [1.82, 2.24) is 4.98 Å². The van der Waals surface area contributed by atoms with E-state index in [1.807, 2.05) is 31.2 Å². The van der Waals surface area contributed by atoms with E-state index in [1.54, 1.807) is 19.5 Å². The first-order chi connectivity index (χ1) is 8.28. The van der Waals surface area contributed by atoms with E-state index in [9.17, 15) is 0 Å². The number of methoxy groups -OCH3 is 1. The standard InChI is InChI=1S/C13H14N2O2/c1-10-5-6-14-13(7-10)15-8-11-3-4-12(17-11)9-16-2/h3-8H,9H2,1-2H3. The smallest absolute Gasteiger partial charge is 0.152 e. The van der Waals surface area contributed by atoms with Crippen molar-refractivity contribution in [2.75, 3.05) is 7.11 Å². The highest BCUT2D eigenvalue weighted by Crippen LogP contribution is 2.11. The van der Waals surface area contributed by atoms with Crippen LogP contribution in [0.1, 0.15) is 17.1 Å². The van der Waals surface area contributed by atoms with Crippen LogP contribution >= 0.6 is 0 Å². The number of hydrogen-bond acceptors (Lipinski definition) is 4. The number of pyridine rings is 1. The molecule has 4 heteroatoms. The minimum absolute atomic E-state index is 0.469. The summed E-state index contributed by atoms with van der Waals surface area (Å²) in [6, 6.07) is 7.57. The first kappa shape index (κ1) is 11.5. The molecule has 2 aromatic heterocycles. The van der Waals surface area contributed by atoms with E-state index >= 15 is 0 Å². The van der Waals surface area contributed by atoms with Crippen molar-refractivity contribution in [1.29, 1.82) is 0 Å². The Kier molecular flexibility index (Phi) is 3.67. The third-order valence-electron chi connectivity index (χ3n) is 2.19. The zero-order valence-corrected chi connectivity index (χ0v) is 9.88. The lowest BCUT2D eigenvalue weighted by Crippen LogP contribution is -1.82. The molecule has 0 amide bonds. The maximum atomic E-state index is 5.47. The highest BCUT2D eigenvalue weighted by atomic mass is 16.5. The van der Waals surface area contributed by atoms with Crippen molar-refractivity contribution >= 4 is 12.0 Å². The molecule has 0 spiro atoms. The number of ether oxygens (including phenoxy) is 1. The molecule has 2 heterocycles. The van der Waals surface area contributed by atoms with Crippen molar-refractivity contribution in [3.05, 3.63) is 47.5 Å². The monoisotopic (exact) mass is 230 g/mol. The summed E-state index contributed by atoms with van der Waals surface area (Å²) in [7, 11) is 1.63. The van der Waals surface area contributed by atoms with Crippen LogP contribution in [0.25, 0.3) is 0 Å². The number of furan rings is 1. The molecular weight excluding hydrogens is 216 g/mol. The summed E-state index contributed by atoms with van der Waals surface area (Å²) in [5.41, 5.74) is 1.13. The van der Waals surface area contributed by atoms with E-state index < -0.39 is 0 Å². The van der Waals surface area contributed by atoms with Gasteiger partial charge in [-0.05, 0) is 36.8 Å². The molecule has 0 saturated carbocycles. The molecule has 0 aliphatic carbocycles. The number of aliphatic imine (C=N–C) groups is 1. The van der Waals surface area contributed by atoms with E-state index in [4.69, 9.17) is 9.15 Å². The predicted octanol–water partition coefficient (Wildman–Crippen LogP) is 2.88. The Balaban J connectivity index is 2.09. The van der Waals surface area contributed by atoms with Gasteiger partial charge in [0.05, 0.1) is 6.21 Å². The third kappa shape index (κ3) is 3.26. The lowest BCUT2D eigenvalue weighted by atomic mass is 10.3. The second kappa shape index (κ2) is 5.41. The summed E-state index contributed by atoms with van der Waals surface area (Å²) in [6.45, 7) is 2.47. The van der Waals surface area contributed by atoms with Gasteiger partial charge in [0.15, 0.2) is 5.82 Å². The van der Waals surface area contributed by atoms with Crippen LogP contribution in [0.3, 0.4) is 0 Å². The molecule has 0 aliphatic heterocycles. The number of nitrogens with zero attached hydrogens (tertiary/aromatic N) is 2. The maximum absolute atomic E-state index is 5.47. The van der Waals surface area contributed by atoms with Crippen molar-refractivity contribution in [2.45, 2.75) is 13.5 Å². The fourth-order valence-corrected chi connectivity index (χ4v) is 1.40. The molecule has 0 bridgehead atoms. The maximum Gasteiger partial charge on any atom is 0.152 e. The molecule has 4 nitrogen and oxygen atoms in total. The first-order valence-corrected chi connectivity index (χ1v) is 5.32. The number of rotatable bonds is 4. The molecule has 17 heavy (non-hydrogen) atoms. The molecule has 2 rings (SSSR count). The average Bonchev–Trinajstić information content (AvgIpc) is 2.75. The van der Waals surface area contributed by atoms with E-state index in [-0.39, 0.29) is 0 Å². The van der Waals surface area contributed by atoms with Gasteiger partial charge in [0, 0.05) is 13.3 Å². The van der Waals surface area contributed by atoms with Gasteiger partial charge in [-0.3, -0.25) is 0 Å². The lowest BCUT2D eigenvalue weighted by Gasteiger charge is -1.94. The minimum atomic E-state index is 0.469. The minimum Gasteiger partial charge on any atom is -0.458 e. The fraction of sp³-hybridized carbons (Fsp3) is 0.231. The first-order valence-electron chi connectivity index (χ1n) is 5.32. The van der Waals surface area contributed by atoms with Gasteiger partial charge < -0.3 is 9.15 Å². The Morgan fingerprint density at radius 2 is 2.29 bits per heavy atom. The Bertz CT molecular complexity index is 518. The molecule has 0 aromatic carbocycles. The van der Waals surface area contributed by atoms with Gasteiger partial charge in [-0.2, -0.15) is 0 Å². The van der Waals surface area contributed by atoms with Crippen LogP contribution in [0.4, 0.5) is 5.82 Å². The van der Waals surface area contributed by atoms with Crippen LogP contribution in [0.15, 0.2) is 39.9 Å². The molecule has 0 N–H and O–H groups in total. The second-order valence-electron chi connectivity index (χ2n) is 3.69. The van der Waals surface area contributed by atoms with Crippen LogP contribution in [0, 0.1) is 6.92 Å². The van der Waals surface area contributed by atoms with Crippen molar-refractivity contribution in [2.24, 2.45) is 4.99 Å². The topological polar surface area (TPSA) is 47.6 Å². The summed E-state index contributed by atoms with van der Waals surface area (Å²) in [5, 5.41) is 0. The van der Waals surface area contributed by atoms with Crippen LogP contribution < -0.4 is 0 Å². The van der Waals surface area contributed by atoms with Gasteiger partial charge in [-0.25, -0.2) is 9.98 Å². The number of aromatic nitrogens is 1. The van der Waals surface area contributed by atoms with Crippen molar-refractivity contribution < 1.29 is 9.15 Å². The van der Waals surface area contributed by atoms with Gasteiger partial charge in [0.25, 0.3) is 0 Å². The number of aryl methyl sites for hydroxylation is 1. The molecule has 0 saturated heterocycles. The Morgan fingerprint density at radius 1 is 1.41 bits per heavy atom. The predicted molar refractivity (Wildman–Crippen MR) is 65.6 cm³/mol. The molecule has 88 valence electrons. The number of hydrogen-bond donors (Lipinski definition) is 0. The third-order valence-corrected chi connectivity index (χ3v) is 2.19. The van der Waals surface area contributed by atoms with Gasteiger partial charge in [0.1, 0.15) is 18.1 Å². The Hall–Kier alpha value is -1.94. The summed E-state index contributed by atoms with van der Waals surface area (Å²) in [6.07, 6.45) is 3.39. The van der Waals surface area contributed by atoms with E-state index in [1.165, 1.54) is 0 Å². The SMILES string of the molecule is COCc1ccc(C=Nc2cc(C)ccn2)o1. The van der Waals surface area contributed by atoms with E-state index in [2.05, 4.69) is 9.98 Å². The van der Waals surface area contributed by atoms with Crippen LogP contribution in [0.5, 0.6) is 0 Å². The highest BCUT2D eigenvalue weighted by Gasteiger charge is 1.99. The summed E-state index contributed by atoms with van der Waals surface area (Å²) in [5.74, 6) is 2.15. The fourth-order valence-electron chi connectivity index (χ4n) is 1.40. The molecule has 0 radical (unpaired) electrons. The van der Waals surface area contributed by atoms with Crippen molar-refractivity contribution in [3.63, 3.8) is 0 Å². The van der Waals surface area contributed by atoms with E-state index in [0.29, 0.717) is 18.2 Å². The van der Waals surface area contributed by atoms with Crippen LogP contribution in [0.2, 0.25) is 0 Å². The van der Waals surface area contributed by atoms with Gasteiger partial charge >= 0.3 is 0 Å². The summed E-state index contributed by atoms with van der Waals surface area (Å²) >= 11 is 0. The molecular formula is C13H14N2O2. The van der Waals surface area contributed by atoms with Gasteiger partial charge in [0.2, 0.25) is 0 Å². The zero-order valence-electron chi connectivity index (χ0n) is 9.88. The molecule has 2 aromatic rings.